The standard InChI is InChI=1S/C40H46N4O3/c45-37(35-19-21-38(40-36(35)20-22-39(46)43-40)47-29-32-8-3-1-4-9-32)28-41-24-23-31-13-17-34(18-14-31)42-33-15-11-30(12-16-33)10-7-27-44-25-5-2-6-26-44/h1,3-4,8-9,11-22,37,41-42,45H,2,5-7,10,23-29H2,(H,43,46). The summed E-state index contributed by atoms with van der Waals surface area (Å²) in [5.41, 5.74) is 6.96. The molecule has 2 heterocycles. The number of aromatic nitrogens is 1. The molecule has 6 rings (SSSR count). The van der Waals surface area contributed by atoms with Crippen molar-refractivity contribution in [3.05, 3.63) is 136 Å². The Hall–Kier alpha value is -4.43. The second-order valence-electron chi connectivity index (χ2n) is 12.5. The molecule has 0 radical (unpaired) electrons. The van der Waals surface area contributed by atoms with E-state index in [1.54, 1.807) is 6.07 Å². The van der Waals surface area contributed by atoms with Crippen molar-refractivity contribution in [1.82, 2.24) is 15.2 Å². The van der Waals surface area contributed by atoms with E-state index < -0.39 is 6.10 Å². The Bertz CT molecular complexity index is 1750. The Morgan fingerprint density at radius 2 is 1.47 bits per heavy atom. The summed E-state index contributed by atoms with van der Waals surface area (Å²) in [5.74, 6) is 0.582. The summed E-state index contributed by atoms with van der Waals surface area (Å²) < 4.78 is 6.05. The van der Waals surface area contributed by atoms with Crippen molar-refractivity contribution in [2.75, 3.05) is 38.0 Å². The normalized spacial score (nSPS) is 14.2. The Morgan fingerprint density at radius 1 is 0.766 bits per heavy atom. The SMILES string of the molecule is O=c1ccc2c(C(O)CNCCc3ccc(Nc4ccc(CCCN5CCCCC5)cc4)cc3)ccc(OCc3ccccc3)c2[nH]1. The lowest BCUT2D eigenvalue weighted by molar-refractivity contribution is 0.176. The first kappa shape index (κ1) is 32.5. The summed E-state index contributed by atoms with van der Waals surface area (Å²) in [6.07, 6.45) is 6.56. The molecule has 7 heteroatoms. The Balaban J connectivity index is 0.952. The van der Waals surface area contributed by atoms with Gasteiger partial charge in [-0.05, 0) is 117 Å². The fraction of sp³-hybridized carbons (Fsp3) is 0.325. The molecule has 0 aliphatic carbocycles. The Kier molecular flexibility index (Phi) is 11.4. The molecule has 1 aliphatic rings. The number of anilines is 2. The molecule has 1 atom stereocenters. The minimum absolute atomic E-state index is 0.208. The van der Waals surface area contributed by atoms with Crippen LogP contribution in [0.4, 0.5) is 11.4 Å². The summed E-state index contributed by atoms with van der Waals surface area (Å²) in [6, 6.07) is 34.2. The Labute approximate surface area is 277 Å². The summed E-state index contributed by atoms with van der Waals surface area (Å²) in [4.78, 5) is 17.7. The van der Waals surface area contributed by atoms with Crippen LogP contribution in [0.5, 0.6) is 5.75 Å². The molecule has 1 fully saturated rings. The highest BCUT2D eigenvalue weighted by Gasteiger charge is 2.15. The number of fused-ring (bicyclic) bond motifs is 1. The zero-order chi connectivity index (χ0) is 32.3. The fourth-order valence-electron chi connectivity index (χ4n) is 6.34. The van der Waals surface area contributed by atoms with Crippen molar-refractivity contribution in [3.63, 3.8) is 0 Å². The average Bonchev–Trinajstić information content (AvgIpc) is 3.11. The smallest absolute Gasteiger partial charge is 0.248 e. The minimum atomic E-state index is -0.737. The van der Waals surface area contributed by atoms with Crippen LogP contribution in [0, 0.1) is 0 Å². The van der Waals surface area contributed by atoms with Crippen LogP contribution in [-0.2, 0) is 19.4 Å². The van der Waals surface area contributed by atoms with Gasteiger partial charge in [-0.2, -0.15) is 0 Å². The van der Waals surface area contributed by atoms with E-state index in [4.69, 9.17) is 4.74 Å². The number of pyridine rings is 1. The van der Waals surface area contributed by atoms with Crippen LogP contribution >= 0.6 is 0 Å². The van der Waals surface area contributed by atoms with Gasteiger partial charge in [-0.3, -0.25) is 4.79 Å². The van der Waals surface area contributed by atoms with E-state index in [-0.39, 0.29) is 5.56 Å². The van der Waals surface area contributed by atoms with E-state index in [0.29, 0.717) is 24.4 Å². The highest BCUT2D eigenvalue weighted by Crippen LogP contribution is 2.30. The lowest BCUT2D eigenvalue weighted by Gasteiger charge is -2.26. The number of H-pyrrole nitrogens is 1. The van der Waals surface area contributed by atoms with Crippen LogP contribution < -0.4 is 20.9 Å². The summed E-state index contributed by atoms with van der Waals surface area (Å²) in [5, 5.41) is 18.7. The third-order valence-corrected chi connectivity index (χ3v) is 9.00. The van der Waals surface area contributed by atoms with E-state index >= 15 is 0 Å². The van der Waals surface area contributed by atoms with Gasteiger partial charge < -0.3 is 30.4 Å². The van der Waals surface area contributed by atoms with Crippen molar-refractivity contribution in [3.8, 4) is 5.75 Å². The molecule has 244 valence electrons. The molecular weight excluding hydrogens is 584 g/mol. The maximum absolute atomic E-state index is 12.1. The van der Waals surface area contributed by atoms with Crippen LogP contribution in [-0.4, -0.2) is 47.7 Å². The number of benzene rings is 4. The van der Waals surface area contributed by atoms with Gasteiger partial charge in [0.05, 0.1) is 11.6 Å². The zero-order valence-electron chi connectivity index (χ0n) is 27.1. The number of likely N-dealkylation sites (tertiary alicyclic amines) is 1. The lowest BCUT2D eigenvalue weighted by atomic mass is 10.0. The second-order valence-corrected chi connectivity index (χ2v) is 12.5. The summed E-state index contributed by atoms with van der Waals surface area (Å²) in [6.45, 7) is 5.27. The third kappa shape index (κ3) is 9.32. The first-order valence-corrected chi connectivity index (χ1v) is 17.0. The number of ether oxygens (including phenoxy) is 1. The average molecular weight is 631 g/mol. The maximum atomic E-state index is 12.1. The van der Waals surface area contributed by atoms with Crippen LogP contribution in [0.15, 0.2) is 108 Å². The molecule has 1 aromatic heterocycles. The quantitative estimate of drug-likeness (QED) is 0.0921. The molecule has 0 amide bonds. The maximum Gasteiger partial charge on any atom is 0.248 e. The van der Waals surface area contributed by atoms with Crippen molar-refractivity contribution >= 4 is 22.3 Å². The van der Waals surface area contributed by atoms with Gasteiger partial charge in [0.2, 0.25) is 5.56 Å². The zero-order valence-corrected chi connectivity index (χ0v) is 27.1. The lowest BCUT2D eigenvalue weighted by Crippen LogP contribution is -2.30. The van der Waals surface area contributed by atoms with Crippen LogP contribution in [0.3, 0.4) is 0 Å². The van der Waals surface area contributed by atoms with Gasteiger partial charge in [0.15, 0.2) is 0 Å². The third-order valence-electron chi connectivity index (χ3n) is 9.00. The van der Waals surface area contributed by atoms with Crippen LogP contribution in [0.2, 0.25) is 0 Å². The highest BCUT2D eigenvalue weighted by molar-refractivity contribution is 5.87. The number of piperidine rings is 1. The number of nitrogens with one attached hydrogen (secondary N) is 3. The predicted molar refractivity (Wildman–Crippen MR) is 192 cm³/mol. The van der Waals surface area contributed by atoms with E-state index in [9.17, 15) is 9.90 Å². The number of aromatic amines is 1. The number of aryl methyl sites for hydroxylation is 1. The molecule has 1 aliphatic heterocycles. The highest BCUT2D eigenvalue weighted by atomic mass is 16.5. The molecule has 0 bridgehead atoms. The molecule has 1 unspecified atom stereocenters. The van der Waals surface area contributed by atoms with Gasteiger partial charge in [-0.15, -0.1) is 0 Å². The largest absolute Gasteiger partial charge is 0.487 e. The second kappa shape index (κ2) is 16.4. The minimum Gasteiger partial charge on any atom is -0.487 e. The first-order valence-electron chi connectivity index (χ1n) is 17.0. The number of nitrogens with zero attached hydrogens (tertiary/aromatic N) is 1. The van der Waals surface area contributed by atoms with E-state index in [1.807, 2.05) is 42.5 Å². The molecule has 7 nitrogen and oxygen atoms in total. The summed E-state index contributed by atoms with van der Waals surface area (Å²) in [7, 11) is 0. The van der Waals surface area contributed by atoms with E-state index in [1.165, 1.54) is 62.5 Å². The summed E-state index contributed by atoms with van der Waals surface area (Å²) >= 11 is 0. The van der Waals surface area contributed by atoms with Gasteiger partial charge in [0.1, 0.15) is 12.4 Å². The van der Waals surface area contributed by atoms with E-state index in [0.717, 1.165) is 47.3 Å². The number of aliphatic hydroxyl groups excluding tert-OH is 1. The monoisotopic (exact) mass is 630 g/mol. The molecule has 0 saturated carbocycles. The molecule has 5 aromatic rings. The van der Waals surface area contributed by atoms with E-state index in [2.05, 4.69) is 69.0 Å². The van der Waals surface area contributed by atoms with Gasteiger partial charge in [-0.25, -0.2) is 0 Å². The molecule has 0 spiro atoms. The first-order chi connectivity index (χ1) is 23.1. The topological polar surface area (TPSA) is 89.6 Å². The Morgan fingerprint density at radius 3 is 2.19 bits per heavy atom. The van der Waals surface area contributed by atoms with Crippen LogP contribution in [0.1, 0.15) is 54.0 Å². The molecule has 1 saturated heterocycles. The number of aliphatic hydroxyl groups is 1. The van der Waals surface area contributed by atoms with Crippen molar-refractivity contribution in [2.45, 2.75) is 51.2 Å². The van der Waals surface area contributed by atoms with Gasteiger partial charge >= 0.3 is 0 Å². The number of rotatable bonds is 15. The van der Waals surface area contributed by atoms with Crippen molar-refractivity contribution < 1.29 is 9.84 Å². The van der Waals surface area contributed by atoms with Crippen molar-refractivity contribution in [1.29, 1.82) is 0 Å². The van der Waals surface area contributed by atoms with Gasteiger partial charge in [0, 0.05) is 29.4 Å². The molecule has 4 N–H and O–H groups in total. The number of hydrogen-bond acceptors (Lipinski definition) is 6. The predicted octanol–water partition coefficient (Wildman–Crippen LogP) is 7.13. The number of hydrogen-bond donors (Lipinski definition) is 4. The molecular formula is C40H46N4O3. The van der Waals surface area contributed by atoms with Crippen molar-refractivity contribution in [2.24, 2.45) is 0 Å². The fourth-order valence-corrected chi connectivity index (χ4v) is 6.34. The van der Waals surface area contributed by atoms with Crippen LogP contribution in [0.25, 0.3) is 10.9 Å². The van der Waals surface area contributed by atoms with Gasteiger partial charge in [0.25, 0.3) is 0 Å². The molecule has 47 heavy (non-hydrogen) atoms. The molecule has 4 aromatic carbocycles. The van der Waals surface area contributed by atoms with Gasteiger partial charge in [-0.1, -0.05) is 67.1 Å².